The van der Waals surface area contributed by atoms with Gasteiger partial charge in [-0.05, 0) is 17.9 Å². The highest BCUT2D eigenvalue weighted by molar-refractivity contribution is 7.85. The zero-order valence-electron chi connectivity index (χ0n) is 8.66. The van der Waals surface area contributed by atoms with Crippen LogP contribution in [0, 0.1) is 0 Å². The van der Waals surface area contributed by atoms with E-state index in [0.29, 0.717) is 19.8 Å². The second-order valence-corrected chi connectivity index (χ2v) is 5.41. The molecule has 0 aliphatic heterocycles. The molecular formula is C9H14O5S2. The normalized spacial score (nSPS) is 11.6. The van der Waals surface area contributed by atoms with E-state index in [1.807, 2.05) is 16.8 Å². The van der Waals surface area contributed by atoms with Crippen molar-refractivity contribution < 1.29 is 22.4 Å². The summed E-state index contributed by atoms with van der Waals surface area (Å²) in [6.07, 6.45) is 0.289. The highest BCUT2D eigenvalue weighted by Gasteiger charge is 2.03. The predicted octanol–water partition coefficient (Wildman–Crippen LogP) is 1.42. The molecule has 0 aromatic carbocycles. The van der Waals surface area contributed by atoms with Gasteiger partial charge in [0, 0.05) is 12.0 Å². The van der Waals surface area contributed by atoms with E-state index in [0.717, 1.165) is 5.75 Å². The Morgan fingerprint density at radius 2 is 2.12 bits per heavy atom. The molecule has 0 spiro atoms. The van der Waals surface area contributed by atoms with Gasteiger partial charge in [-0.25, -0.2) is 0 Å². The topological polar surface area (TPSA) is 72.8 Å². The smallest absolute Gasteiger partial charge is 0.264 e. The van der Waals surface area contributed by atoms with Crippen molar-refractivity contribution in [2.45, 2.75) is 6.42 Å². The largest absolute Gasteiger partial charge is 0.490 e. The molecule has 5 nitrogen and oxygen atoms in total. The minimum absolute atomic E-state index is 0.265. The lowest BCUT2D eigenvalue weighted by Crippen LogP contribution is -2.10. The van der Waals surface area contributed by atoms with Gasteiger partial charge in [0.15, 0.2) is 0 Å². The lowest BCUT2D eigenvalue weighted by molar-refractivity contribution is 0.101. The number of hydrogen-bond donors (Lipinski definition) is 1. The molecule has 1 N–H and O–H groups in total. The van der Waals surface area contributed by atoms with Crippen molar-refractivity contribution in [2.24, 2.45) is 0 Å². The quantitative estimate of drug-likeness (QED) is 0.569. The third kappa shape index (κ3) is 6.78. The first-order valence-corrected chi connectivity index (χ1v) is 7.31. The Balaban J connectivity index is 1.93. The standard InChI is InChI=1S/C9H14O5S2/c10-16(11,12)7-1-3-13-4-5-14-9-2-6-15-8-9/h2,6,8H,1,3-5,7H2,(H,10,11,12). The van der Waals surface area contributed by atoms with Gasteiger partial charge in [0.25, 0.3) is 10.1 Å². The van der Waals surface area contributed by atoms with Crippen LogP contribution < -0.4 is 4.74 Å². The van der Waals surface area contributed by atoms with Crippen LogP contribution in [0.2, 0.25) is 0 Å². The molecule has 1 aromatic heterocycles. The molecule has 0 bridgehead atoms. The Kier molecular flexibility index (Phi) is 5.75. The van der Waals surface area contributed by atoms with Crippen molar-refractivity contribution in [2.75, 3.05) is 25.6 Å². The van der Waals surface area contributed by atoms with Crippen molar-refractivity contribution in [3.63, 3.8) is 0 Å². The van der Waals surface area contributed by atoms with Gasteiger partial charge in [-0.1, -0.05) is 0 Å². The highest BCUT2D eigenvalue weighted by atomic mass is 32.2. The van der Waals surface area contributed by atoms with Gasteiger partial charge in [0.1, 0.15) is 12.4 Å². The summed E-state index contributed by atoms with van der Waals surface area (Å²) >= 11 is 1.55. The van der Waals surface area contributed by atoms with E-state index < -0.39 is 10.1 Å². The number of ether oxygens (including phenoxy) is 2. The summed E-state index contributed by atoms with van der Waals surface area (Å²) in [5, 5.41) is 3.81. The van der Waals surface area contributed by atoms with Crippen LogP contribution in [0.15, 0.2) is 16.8 Å². The van der Waals surface area contributed by atoms with E-state index in [9.17, 15) is 8.42 Å². The average Bonchev–Trinajstić information content (AvgIpc) is 2.67. The first-order chi connectivity index (χ1) is 7.58. The molecule has 0 aliphatic carbocycles. The van der Waals surface area contributed by atoms with Gasteiger partial charge >= 0.3 is 0 Å². The summed E-state index contributed by atoms with van der Waals surface area (Å²) in [7, 11) is -3.86. The van der Waals surface area contributed by atoms with Crippen LogP contribution in [0.25, 0.3) is 0 Å². The third-order valence-electron chi connectivity index (χ3n) is 1.68. The molecule has 1 rings (SSSR count). The zero-order valence-corrected chi connectivity index (χ0v) is 10.3. The van der Waals surface area contributed by atoms with Gasteiger partial charge in [-0.3, -0.25) is 4.55 Å². The van der Waals surface area contributed by atoms with Gasteiger partial charge in [0.2, 0.25) is 0 Å². The van der Waals surface area contributed by atoms with E-state index in [2.05, 4.69) is 0 Å². The monoisotopic (exact) mass is 266 g/mol. The Morgan fingerprint density at radius 1 is 1.31 bits per heavy atom. The molecule has 0 saturated heterocycles. The summed E-state index contributed by atoms with van der Waals surface area (Å²) in [4.78, 5) is 0. The molecule has 16 heavy (non-hydrogen) atoms. The fraction of sp³-hybridized carbons (Fsp3) is 0.556. The molecule has 92 valence electrons. The van der Waals surface area contributed by atoms with Crippen LogP contribution in [0.5, 0.6) is 5.75 Å². The van der Waals surface area contributed by atoms with Gasteiger partial charge in [-0.15, -0.1) is 11.3 Å². The van der Waals surface area contributed by atoms with Crippen molar-refractivity contribution >= 4 is 21.5 Å². The summed E-state index contributed by atoms with van der Waals surface area (Å²) in [6.45, 7) is 1.14. The number of rotatable bonds is 8. The van der Waals surface area contributed by atoms with Crippen LogP contribution in [0.4, 0.5) is 0 Å². The van der Waals surface area contributed by atoms with Crippen molar-refractivity contribution in [1.29, 1.82) is 0 Å². The molecule has 0 atom stereocenters. The second kappa shape index (κ2) is 6.85. The molecule has 0 radical (unpaired) electrons. The van der Waals surface area contributed by atoms with Crippen LogP contribution in [-0.4, -0.2) is 38.5 Å². The predicted molar refractivity (Wildman–Crippen MR) is 61.7 cm³/mol. The highest BCUT2D eigenvalue weighted by Crippen LogP contribution is 2.14. The third-order valence-corrected chi connectivity index (χ3v) is 3.15. The molecule has 1 heterocycles. The van der Waals surface area contributed by atoms with Gasteiger partial charge < -0.3 is 9.47 Å². The molecule has 0 unspecified atom stereocenters. The molecular weight excluding hydrogens is 252 g/mol. The van der Waals surface area contributed by atoms with Crippen molar-refractivity contribution in [1.82, 2.24) is 0 Å². The lowest BCUT2D eigenvalue weighted by atomic mass is 10.5. The first-order valence-electron chi connectivity index (χ1n) is 4.76. The van der Waals surface area contributed by atoms with E-state index in [1.54, 1.807) is 11.3 Å². The maximum Gasteiger partial charge on any atom is 0.264 e. The Bertz CT molecular complexity index is 371. The molecule has 0 amide bonds. The fourth-order valence-electron chi connectivity index (χ4n) is 0.998. The maximum absolute atomic E-state index is 10.4. The van der Waals surface area contributed by atoms with Crippen LogP contribution in [0.3, 0.4) is 0 Å². The summed E-state index contributed by atoms with van der Waals surface area (Å²) in [5.41, 5.74) is 0. The van der Waals surface area contributed by atoms with Gasteiger partial charge in [-0.2, -0.15) is 8.42 Å². The second-order valence-electron chi connectivity index (χ2n) is 3.06. The van der Waals surface area contributed by atoms with E-state index in [4.69, 9.17) is 14.0 Å². The Hall–Kier alpha value is -0.630. The van der Waals surface area contributed by atoms with Gasteiger partial charge in [0.05, 0.1) is 12.4 Å². The zero-order chi connectivity index (χ0) is 11.9. The summed E-state index contributed by atoms with van der Waals surface area (Å²) in [6, 6.07) is 1.86. The van der Waals surface area contributed by atoms with E-state index in [1.165, 1.54) is 0 Å². The molecule has 0 saturated carbocycles. The Morgan fingerprint density at radius 3 is 2.75 bits per heavy atom. The minimum atomic E-state index is -3.86. The van der Waals surface area contributed by atoms with Crippen LogP contribution >= 0.6 is 11.3 Å². The minimum Gasteiger partial charge on any atom is -0.490 e. The van der Waals surface area contributed by atoms with Crippen molar-refractivity contribution in [3.05, 3.63) is 16.8 Å². The maximum atomic E-state index is 10.4. The van der Waals surface area contributed by atoms with E-state index in [-0.39, 0.29) is 12.2 Å². The fourth-order valence-corrected chi connectivity index (χ4v) is 2.05. The van der Waals surface area contributed by atoms with E-state index >= 15 is 0 Å². The molecule has 7 heteroatoms. The molecule has 0 aliphatic rings. The lowest BCUT2D eigenvalue weighted by Gasteiger charge is -2.04. The van der Waals surface area contributed by atoms with Crippen LogP contribution in [-0.2, 0) is 14.9 Å². The number of thiophene rings is 1. The molecule has 0 fully saturated rings. The first kappa shape index (κ1) is 13.4. The van der Waals surface area contributed by atoms with Crippen LogP contribution in [0.1, 0.15) is 6.42 Å². The van der Waals surface area contributed by atoms with Crippen molar-refractivity contribution in [3.8, 4) is 5.75 Å². The average molecular weight is 266 g/mol. The Labute approximate surface area is 98.8 Å². The SMILES string of the molecule is O=S(=O)(O)CCCOCCOc1ccsc1. The summed E-state index contributed by atoms with van der Waals surface area (Å²) < 4.78 is 39.6. The molecule has 1 aromatic rings. The number of hydrogen-bond acceptors (Lipinski definition) is 5. The summed E-state index contributed by atoms with van der Waals surface area (Å²) in [5.74, 6) is 0.546.